The fourth-order valence-corrected chi connectivity index (χ4v) is 2.80. The Morgan fingerprint density at radius 1 is 1.26 bits per heavy atom. The Morgan fingerprint density at radius 2 is 2.00 bits per heavy atom. The largest absolute Gasteiger partial charge is 0.483 e. The van der Waals surface area contributed by atoms with Crippen molar-refractivity contribution in [1.82, 2.24) is 0 Å². The SMILES string of the molecule is Cc1cc(Cl)ccc1NC(=O)COc1ccc(Br)cc1C(C)C. The summed E-state index contributed by atoms with van der Waals surface area (Å²) in [6.45, 7) is 6.04. The molecule has 2 rings (SSSR count). The summed E-state index contributed by atoms with van der Waals surface area (Å²) in [6, 6.07) is 11.1. The Labute approximate surface area is 150 Å². The number of carbonyl (C=O) groups is 1. The molecule has 0 aliphatic carbocycles. The summed E-state index contributed by atoms with van der Waals surface area (Å²) in [5.74, 6) is 0.836. The van der Waals surface area contributed by atoms with Crippen molar-refractivity contribution in [3.63, 3.8) is 0 Å². The van der Waals surface area contributed by atoms with Crippen molar-refractivity contribution in [3.05, 3.63) is 57.0 Å². The second kappa shape index (κ2) is 7.84. The molecule has 1 amide bonds. The van der Waals surface area contributed by atoms with Crippen LogP contribution in [0.3, 0.4) is 0 Å². The predicted molar refractivity (Wildman–Crippen MR) is 98.5 cm³/mol. The number of anilines is 1. The summed E-state index contributed by atoms with van der Waals surface area (Å²) in [5.41, 5.74) is 2.72. The molecule has 5 heteroatoms. The van der Waals surface area contributed by atoms with Gasteiger partial charge in [0.25, 0.3) is 5.91 Å². The minimum Gasteiger partial charge on any atom is -0.483 e. The molecule has 0 saturated heterocycles. The van der Waals surface area contributed by atoms with E-state index in [0.29, 0.717) is 10.9 Å². The van der Waals surface area contributed by atoms with Gasteiger partial charge in [-0.15, -0.1) is 0 Å². The normalized spacial score (nSPS) is 10.7. The van der Waals surface area contributed by atoms with Crippen molar-refractivity contribution in [1.29, 1.82) is 0 Å². The lowest BCUT2D eigenvalue weighted by Gasteiger charge is -2.15. The highest BCUT2D eigenvalue weighted by Crippen LogP contribution is 2.29. The van der Waals surface area contributed by atoms with Gasteiger partial charge in [-0.2, -0.15) is 0 Å². The standard InChI is InChI=1S/C18H19BrClNO2/c1-11(2)15-9-13(19)4-7-17(15)23-10-18(22)21-16-6-5-14(20)8-12(16)3/h4-9,11H,10H2,1-3H3,(H,21,22). The predicted octanol–water partition coefficient (Wildman–Crippen LogP) is 5.55. The average Bonchev–Trinajstić information content (AvgIpc) is 2.48. The van der Waals surface area contributed by atoms with Gasteiger partial charge >= 0.3 is 0 Å². The second-order valence-corrected chi connectivity index (χ2v) is 6.99. The van der Waals surface area contributed by atoms with Crippen LogP contribution < -0.4 is 10.1 Å². The van der Waals surface area contributed by atoms with Crippen molar-refractivity contribution >= 4 is 39.1 Å². The Balaban J connectivity index is 2.02. The maximum absolute atomic E-state index is 12.1. The van der Waals surface area contributed by atoms with Gasteiger partial charge in [0, 0.05) is 15.2 Å². The van der Waals surface area contributed by atoms with E-state index in [1.807, 2.05) is 31.2 Å². The third kappa shape index (κ3) is 4.98. The van der Waals surface area contributed by atoms with E-state index < -0.39 is 0 Å². The van der Waals surface area contributed by atoms with Crippen LogP contribution in [0.15, 0.2) is 40.9 Å². The number of halogens is 2. The number of benzene rings is 2. The molecule has 0 atom stereocenters. The molecule has 0 unspecified atom stereocenters. The molecular formula is C18H19BrClNO2. The third-order valence-electron chi connectivity index (χ3n) is 3.42. The zero-order valence-electron chi connectivity index (χ0n) is 13.3. The van der Waals surface area contributed by atoms with Gasteiger partial charge in [0.1, 0.15) is 5.75 Å². The van der Waals surface area contributed by atoms with Gasteiger partial charge in [0.2, 0.25) is 0 Å². The lowest BCUT2D eigenvalue weighted by atomic mass is 10.0. The second-order valence-electron chi connectivity index (χ2n) is 5.63. The van der Waals surface area contributed by atoms with Crippen molar-refractivity contribution < 1.29 is 9.53 Å². The minimum atomic E-state index is -0.201. The lowest BCUT2D eigenvalue weighted by molar-refractivity contribution is -0.118. The Bertz CT molecular complexity index is 716. The Kier molecular flexibility index (Phi) is 6.08. The zero-order chi connectivity index (χ0) is 17.0. The van der Waals surface area contributed by atoms with Crippen molar-refractivity contribution in [2.75, 3.05) is 11.9 Å². The first-order valence-electron chi connectivity index (χ1n) is 7.35. The quantitative estimate of drug-likeness (QED) is 0.719. The molecule has 0 spiro atoms. The number of nitrogens with one attached hydrogen (secondary N) is 1. The Morgan fingerprint density at radius 3 is 2.65 bits per heavy atom. The molecule has 0 aliphatic rings. The summed E-state index contributed by atoms with van der Waals surface area (Å²) >= 11 is 9.37. The molecule has 1 N–H and O–H groups in total. The molecule has 122 valence electrons. The molecular weight excluding hydrogens is 378 g/mol. The van der Waals surface area contributed by atoms with Crippen molar-refractivity contribution in [3.8, 4) is 5.75 Å². The van der Waals surface area contributed by atoms with Gasteiger partial charge in [-0.05, 0) is 60.4 Å². The highest BCUT2D eigenvalue weighted by Gasteiger charge is 2.11. The molecule has 0 radical (unpaired) electrons. The first kappa shape index (κ1) is 17.8. The maximum atomic E-state index is 12.1. The maximum Gasteiger partial charge on any atom is 0.262 e. The van der Waals surface area contributed by atoms with Gasteiger partial charge in [-0.3, -0.25) is 4.79 Å². The molecule has 2 aromatic rings. The van der Waals surface area contributed by atoms with Crippen LogP contribution >= 0.6 is 27.5 Å². The van der Waals surface area contributed by atoms with E-state index in [4.69, 9.17) is 16.3 Å². The molecule has 0 aliphatic heterocycles. The molecule has 3 nitrogen and oxygen atoms in total. The minimum absolute atomic E-state index is 0.0383. The Hall–Kier alpha value is -1.52. The van der Waals surface area contributed by atoms with E-state index in [2.05, 4.69) is 35.1 Å². The number of ether oxygens (including phenoxy) is 1. The number of carbonyl (C=O) groups excluding carboxylic acids is 1. The lowest BCUT2D eigenvalue weighted by Crippen LogP contribution is -2.21. The van der Waals surface area contributed by atoms with Crippen LogP contribution in [0, 0.1) is 6.92 Å². The molecule has 0 fully saturated rings. The average molecular weight is 397 g/mol. The van der Waals surface area contributed by atoms with E-state index in [1.165, 1.54) is 0 Å². The van der Waals surface area contributed by atoms with E-state index in [9.17, 15) is 4.79 Å². The fourth-order valence-electron chi connectivity index (χ4n) is 2.20. The molecule has 0 saturated carbocycles. The van der Waals surface area contributed by atoms with E-state index in [-0.39, 0.29) is 12.5 Å². The van der Waals surface area contributed by atoms with Crippen molar-refractivity contribution in [2.45, 2.75) is 26.7 Å². The summed E-state index contributed by atoms with van der Waals surface area (Å²) < 4.78 is 6.69. The summed E-state index contributed by atoms with van der Waals surface area (Å²) in [6.07, 6.45) is 0. The monoisotopic (exact) mass is 395 g/mol. The molecule has 2 aromatic carbocycles. The van der Waals surface area contributed by atoms with Gasteiger partial charge in [-0.1, -0.05) is 41.4 Å². The van der Waals surface area contributed by atoms with Gasteiger partial charge < -0.3 is 10.1 Å². The highest BCUT2D eigenvalue weighted by atomic mass is 79.9. The number of rotatable bonds is 5. The van der Waals surface area contributed by atoms with E-state index in [1.54, 1.807) is 12.1 Å². The highest BCUT2D eigenvalue weighted by molar-refractivity contribution is 9.10. The number of hydrogen-bond donors (Lipinski definition) is 1. The van der Waals surface area contributed by atoms with Crippen LogP contribution in [0.2, 0.25) is 5.02 Å². The smallest absolute Gasteiger partial charge is 0.262 e. The van der Waals surface area contributed by atoms with Crippen molar-refractivity contribution in [2.24, 2.45) is 0 Å². The van der Waals surface area contributed by atoms with Crippen LogP contribution in [0.5, 0.6) is 5.75 Å². The van der Waals surface area contributed by atoms with Gasteiger partial charge in [0.05, 0.1) is 0 Å². The first-order chi connectivity index (χ1) is 10.9. The zero-order valence-corrected chi connectivity index (χ0v) is 15.7. The summed E-state index contributed by atoms with van der Waals surface area (Å²) in [5, 5.41) is 3.48. The molecule has 0 heterocycles. The summed E-state index contributed by atoms with van der Waals surface area (Å²) in [7, 11) is 0. The number of amides is 1. The van der Waals surface area contributed by atoms with Gasteiger partial charge in [0.15, 0.2) is 6.61 Å². The van der Waals surface area contributed by atoms with Crippen LogP contribution in [-0.4, -0.2) is 12.5 Å². The third-order valence-corrected chi connectivity index (χ3v) is 4.14. The van der Waals surface area contributed by atoms with Crippen LogP contribution in [0.4, 0.5) is 5.69 Å². The molecule has 0 aromatic heterocycles. The molecule has 0 bridgehead atoms. The number of hydrogen-bond acceptors (Lipinski definition) is 2. The van der Waals surface area contributed by atoms with E-state index >= 15 is 0 Å². The van der Waals surface area contributed by atoms with Crippen LogP contribution in [0.25, 0.3) is 0 Å². The summed E-state index contributed by atoms with van der Waals surface area (Å²) in [4.78, 5) is 12.1. The van der Waals surface area contributed by atoms with E-state index in [0.717, 1.165) is 27.0 Å². The van der Waals surface area contributed by atoms with Crippen LogP contribution in [-0.2, 0) is 4.79 Å². The fraction of sp³-hybridized carbons (Fsp3) is 0.278. The topological polar surface area (TPSA) is 38.3 Å². The molecule has 23 heavy (non-hydrogen) atoms. The van der Waals surface area contributed by atoms with Gasteiger partial charge in [-0.25, -0.2) is 0 Å². The number of aryl methyl sites for hydroxylation is 1. The first-order valence-corrected chi connectivity index (χ1v) is 8.52. The van der Waals surface area contributed by atoms with Crippen LogP contribution in [0.1, 0.15) is 30.9 Å².